The third kappa shape index (κ3) is 6.39. The molecule has 0 aliphatic carbocycles. The molecule has 120 valence electrons. The zero-order chi connectivity index (χ0) is 16.4. The van der Waals surface area contributed by atoms with Crippen molar-refractivity contribution in [2.45, 2.75) is 45.5 Å². The standard InChI is InChI=1S/C16H24BNO4/c1-12(8-9-19)10-16(13(2)22-17-18)21-11-14-4-6-15(20-3)7-5-14/h4-7,9,12-13,16,18H,8,10-11H2,1-3H3/t12-,13+,16+/m0/s1. The molecule has 6 heteroatoms. The van der Waals surface area contributed by atoms with Gasteiger partial charge in [0.15, 0.2) is 0 Å². The van der Waals surface area contributed by atoms with E-state index in [1.807, 2.05) is 38.1 Å². The topological polar surface area (TPSA) is 68.6 Å². The maximum atomic E-state index is 10.6. The van der Waals surface area contributed by atoms with Crippen LogP contribution in [0.1, 0.15) is 32.3 Å². The van der Waals surface area contributed by atoms with Crippen LogP contribution in [0.2, 0.25) is 0 Å². The quantitative estimate of drug-likeness (QED) is 0.504. The number of carbonyl (C=O) groups is 1. The molecule has 0 radical (unpaired) electrons. The van der Waals surface area contributed by atoms with Crippen LogP contribution in [0.3, 0.4) is 0 Å². The van der Waals surface area contributed by atoms with Gasteiger partial charge in [0.2, 0.25) is 0 Å². The van der Waals surface area contributed by atoms with Crippen molar-refractivity contribution in [2.24, 2.45) is 5.92 Å². The molecule has 0 saturated carbocycles. The molecule has 0 amide bonds. The van der Waals surface area contributed by atoms with Gasteiger partial charge < -0.3 is 0 Å². The van der Waals surface area contributed by atoms with Gasteiger partial charge in [-0.05, 0) is 0 Å². The van der Waals surface area contributed by atoms with E-state index in [1.54, 1.807) is 7.11 Å². The second kappa shape index (κ2) is 10.1. The average molecular weight is 305 g/mol. The molecule has 0 unspecified atom stereocenters. The van der Waals surface area contributed by atoms with Crippen molar-refractivity contribution in [1.29, 1.82) is 5.31 Å². The Morgan fingerprint density at radius 3 is 2.50 bits per heavy atom. The van der Waals surface area contributed by atoms with Crippen LogP contribution in [0.4, 0.5) is 0 Å². The molecular formula is C16H24BNO4. The van der Waals surface area contributed by atoms with Crippen LogP contribution >= 0.6 is 0 Å². The normalized spacial score (nSPS) is 14.5. The molecule has 3 atom stereocenters. The number of hydrogen-bond donors (Lipinski definition) is 1. The molecule has 0 heterocycles. The Balaban J connectivity index is 2.61. The number of benzene rings is 1. The summed E-state index contributed by atoms with van der Waals surface area (Å²) in [6.45, 7) is 4.33. The molecule has 0 spiro atoms. The summed E-state index contributed by atoms with van der Waals surface area (Å²) in [7, 11) is 2.56. The van der Waals surface area contributed by atoms with E-state index in [0.717, 1.165) is 24.9 Å². The van der Waals surface area contributed by atoms with Crippen molar-refractivity contribution >= 4 is 13.6 Å². The molecule has 22 heavy (non-hydrogen) atoms. The van der Waals surface area contributed by atoms with Crippen LogP contribution in [-0.4, -0.2) is 32.9 Å². The minimum atomic E-state index is -0.232. The Kier molecular flexibility index (Phi) is 8.44. The van der Waals surface area contributed by atoms with Crippen LogP contribution in [0.5, 0.6) is 5.75 Å². The molecule has 0 aliphatic rings. The van der Waals surface area contributed by atoms with Crippen LogP contribution in [-0.2, 0) is 20.8 Å². The Morgan fingerprint density at radius 2 is 1.95 bits per heavy atom. The molecule has 0 aromatic heterocycles. The Morgan fingerprint density at radius 1 is 1.27 bits per heavy atom. The zero-order valence-electron chi connectivity index (χ0n) is 13.5. The van der Waals surface area contributed by atoms with Gasteiger partial charge in [0.1, 0.15) is 0 Å². The minimum absolute atomic E-state index is 0.168. The third-order valence-corrected chi connectivity index (χ3v) is 3.56. The fourth-order valence-electron chi connectivity index (χ4n) is 2.17. The fraction of sp³-hybridized carbons (Fsp3) is 0.562. The summed E-state index contributed by atoms with van der Waals surface area (Å²) >= 11 is 0. The van der Waals surface area contributed by atoms with E-state index in [-0.39, 0.29) is 18.1 Å². The molecule has 1 aromatic carbocycles. The summed E-state index contributed by atoms with van der Waals surface area (Å²) in [5.41, 5.74) is 1.04. The van der Waals surface area contributed by atoms with Crippen molar-refractivity contribution < 1.29 is 18.9 Å². The SMILES string of the molecule is COc1ccc(CO[C@H](C[C@@H](C)CC=O)[C@@H](C)OB=N)cc1. The maximum absolute atomic E-state index is 10.6. The van der Waals surface area contributed by atoms with Crippen LogP contribution in [0.25, 0.3) is 0 Å². The fourth-order valence-corrected chi connectivity index (χ4v) is 2.17. The van der Waals surface area contributed by atoms with Crippen molar-refractivity contribution in [3.8, 4) is 5.75 Å². The van der Waals surface area contributed by atoms with Gasteiger partial charge in [0.25, 0.3) is 0 Å². The summed E-state index contributed by atoms with van der Waals surface area (Å²) < 4.78 is 16.3. The average Bonchev–Trinajstić information content (AvgIpc) is 2.52. The number of rotatable bonds is 11. The van der Waals surface area contributed by atoms with E-state index in [9.17, 15) is 4.79 Å². The molecule has 0 saturated heterocycles. The predicted octanol–water partition coefficient (Wildman–Crippen LogP) is 2.98. The van der Waals surface area contributed by atoms with Gasteiger partial charge in [0.05, 0.1) is 0 Å². The van der Waals surface area contributed by atoms with Gasteiger partial charge in [-0.25, -0.2) is 0 Å². The van der Waals surface area contributed by atoms with E-state index in [0.29, 0.717) is 19.4 Å². The second-order valence-electron chi connectivity index (χ2n) is 5.40. The Hall–Kier alpha value is -1.69. The van der Waals surface area contributed by atoms with E-state index < -0.39 is 0 Å². The van der Waals surface area contributed by atoms with Crippen molar-refractivity contribution in [3.63, 3.8) is 0 Å². The van der Waals surface area contributed by atoms with Crippen LogP contribution < -0.4 is 4.74 Å². The predicted molar refractivity (Wildman–Crippen MR) is 85.1 cm³/mol. The summed E-state index contributed by atoms with van der Waals surface area (Å²) in [6.07, 6.45) is 1.74. The van der Waals surface area contributed by atoms with Gasteiger partial charge in [-0.15, -0.1) is 0 Å². The van der Waals surface area contributed by atoms with Gasteiger partial charge in [0, 0.05) is 0 Å². The van der Waals surface area contributed by atoms with Crippen LogP contribution in [0, 0.1) is 11.2 Å². The molecule has 0 aliphatic heterocycles. The summed E-state index contributed by atoms with van der Waals surface area (Å²) in [4.78, 5) is 10.6. The van der Waals surface area contributed by atoms with Gasteiger partial charge in [-0.3, -0.25) is 0 Å². The van der Waals surface area contributed by atoms with Crippen LogP contribution in [0.15, 0.2) is 24.3 Å². The number of ether oxygens (including phenoxy) is 2. The first-order valence-corrected chi connectivity index (χ1v) is 7.43. The number of aldehydes is 1. The first-order valence-electron chi connectivity index (χ1n) is 7.43. The van der Waals surface area contributed by atoms with Gasteiger partial charge in [-0.1, -0.05) is 0 Å². The Labute approximate surface area is 132 Å². The van der Waals surface area contributed by atoms with Crippen molar-refractivity contribution in [2.75, 3.05) is 7.11 Å². The van der Waals surface area contributed by atoms with Gasteiger partial charge >= 0.3 is 132 Å². The Bertz CT molecular complexity index is 452. The van der Waals surface area contributed by atoms with E-state index in [4.69, 9.17) is 19.4 Å². The summed E-state index contributed by atoms with van der Waals surface area (Å²) in [6, 6.07) is 7.68. The van der Waals surface area contributed by atoms with E-state index in [1.165, 1.54) is 0 Å². The van der Waals surface area contributed by atoms with Gasteiger partial charge in [-0.2, -0.15) is 0 Å². The number of nitrogens with one attached hydrogen (secondary N) is 1. The van der Waals surface area contributed by atoms with E-state index >= 15 is 0 Å². The van der Waals surface area contributed by atoms with Crippen molar-refractivity contribution in [3.05, 3.63) is 29.8 Å². The molecule has 1 rings (SSSR count). The number of carbonyl (C=O) groups excluding carboxylic acids is 1. The molecular weight excluding hydrogens is 281 g/mol. The molecule has 0 fully saturated rings. The summed E-state index contributed by atoms with van der Waals surface area (Å²) in [5.74, 6) is 1.02. The first kappa shape index (κ1) is 18.4. The molecule has 5 nitrogen and oxygen atoms in total. The number of hydrogen-bond acceptors (Lipinski definition) is 5. The molecule has 1 N–H and O–H groups in total. The number of methoxy groups -OCH3 is 1. The monoisotopic (exact) mass is 305 g/mol. The zero-order valence-corrected chi connectivity index (χ0v) is 13.5. The molecule has 1 aromatic rings. The third-order valence-electron chi connectivity index (χ3n) is 3.56. The second-order valence-corrected chi connectivity index (χ2v) is 5.40. The van der Waals surface area contributed by atoms with Crippen molar-refractivity contribution in [1.82, 2.24) is 0 Å². The first-order chi connectivity index (χ1) is 10.6. The van der Waals surface area contributed by atoms with E-state index in [2.05, 4.69) is 0 Å². The summed E-state index contributed by atoms with van der Waals surface area (Å²) in [5, 5.41) is 7.06. The molecule has 0 bridgehead atoms.